The van der Waals surface area contributed by atoms with Crippen LogP contribution in [-0.4, -0.2) is 28.7 Å². The molecule has 0 radical (unpaired) electrons. The van der Waals surface area contributed by atoms with Crippen LogP contribution in [0.1, 0.15) is 23.3 Å². The molecule has 18 heavy (non-hydrogen) atoms. The van der Waals surface area contributed by atoms with Crippen LogP contribution in [0.3, 0.4) is 0 Å². The van der Waals surface area contributed by atoms with Crippen LogP contribution in [0.5, 0.6) is 0 Å². The topological polar surface area (TPSA) is 114 Å². The first-order valence-corrected chi connectivity index (χ1v) is 5.42. The van der Waals surface area contributed by atoms with Crippen molar-refractivity contribution >= 4 is 23.4 Å². The second-order valence-electron chi connectivity index (χ2n) is 3.94. The average molecular weight is 248 g/mol. The van der Waals surface area contributed by atoms with Crippen LogP contribution < -0.4 is 16.4 Å². The molecule has 1 atom stereocenters. The number of nitrogens with zero attached hydrogens (tertiary/aromatic N) is 1. The molecule has 1 aromatic heterocycles. The van der Waals surface area contributed by atoms with Crippen LogP contribution in [0.15, 0.2) is 18.3 Å². The standard InChI is InChI=1S/C11H12N4O3/c12-10(17)8-5-6(3-4-13-8)14-7-1-2-9(16)15-11(7)18/h3-5,7H,1-2H2,(H2,12,17)(H,13,14)(H,15,16,18). The summed E-state index contributed by atoms with van der Waals surface area (Å²) in [5.41, 5.74) is 5.79. The molecular weight excluding hydrogens is 236 g/mol. The van der Waals surface area contributed by atoms with Crippen LogP contribution in [0.25, 0.3) is 0 Å². The lowest BCUT2D eigenvalue weighted by atomic mass is 10.1. The predicted octanol–water partition coefficient (Wildman–Crippen LogP) is -0.602. The molecule has 0 aromatic carbocycles. The highest BCUT2D eigenvalue weighted by Crippen LogP contribution is 2.14. The lowest BCUT2D eigenvalue weighted by molar-refractivity contribution is -0.133. The van der Waals surface area contributed by atoms with Gasteiger partial charge in [0.1, 0.15) is 11.7 Å². The van der Waals surface area contributed by atoms with Crippen molar-refractivity contribution in [1.82, 2.24) is 10.3 Å². The molecule has 2 rings (SSSR count). The van der Waals surface area contributed by atoms with Gasteiger partial charge in [0.05, 0.1) is 0 Å². The lowest BCUT2D eigenvalue weighted by Gasteiger charge is -2.22. The quantitative estimate of drug-likeness (QED) is 0.618. The molecule has 3 amide bonds. The van der Waals surface area contributed by atoms with Gasteiger partial charge in [0.15, 0.2) is 0 Å². The summed E-state index contributed by atoms with van der Waals surface area (Å²) in [5, 5.41) is 5.17. The minimum Gasteiger partial charge on any atom is -0.374 e. The van der Waals surface area contributed by atoms with Crippen molar-refractivity contribution in [3.05, 3.63) is 24.0 Å². The molecular formula is C11H12N4O3. The molecule has 1 saturated heterocycles. The summed E-state index contributed by atoms with van der Waals surface area (Å²) < 4.78 is 0. The summed E-state index contributed by atoms with van der Waals surface area (Å²) in [6, 6.07) is 2.59. The van der Waals surface area contributed by atoms with E-state index in [0.29, 0.717) is 12.1 Å². The van der Waals surface area contributed by atoms with E-state index in [1.165, 1.54) is 12.3 Å². The summed E-state index contributed by atoms with van der Waals surface area (Å²) in [4.78, 5) is 37.3. The van der Waals surface area contributed by atoms with Crippen molar-refractivity contribution in [3.8, 4) is 0 Å². The third kappa shape index (κ3) is 2.62. The Labute approximate surface area is 103 Å². The van der Waals surface area contributed by atoms with Crippen molar-refractivity contribution in [2.24, 2.45) is 5.73 Å². The van der Waals surface area contributed by atoms with E-state index < -0.39 is 11.9 Å². The number of amides is 3. The van der Waals surface area contributed by atoms with Gasteiger partial charge in [-0.1, -0.05) is 0 Å². The highest BCUT2D eigenvalue weighted by atomic mass is 16.2. The van der Waals surface area contributed by atoms with Gasteiger partial charge in [-0.05, 0) is 18.6 Å². The number of anilines is 1. The lowest BCUT2D eigenvalue weighted by Crippen LogP contribution is -2.47. The second-order valence-corrected chi connectivity index (χ2v) is 3.94. The highest BCUT2D eigenvalue weighted by molar-refractivity contribution is 6.01. The predicted molar refractivity (Wildman–Crippen MR) is 62.5 cm³/mol. The number of nitrogens with two attached hydrogens (primary N) is 1. The molecule has 2 heterocycles. The first-order chi connectivity index (χ1) is 8.56. The summed E-state index contributed by atoms with van der Waals surface area (Å²) in [5.74, 6) is -1.28. The number of aromatic nitrogens is 1. The van der Waals surface area contributed by atoms with Crippen molar-refractivity contribution in [1.29, 1.82) is 0 Å². The van der Waals surface area contributed by atoms with Gasteiger partial charge in [-0.3, -0.25) is 24.7 Å². The largest absolute Gasteiger partial charge is 0.374 e. The Morgan fingerprint density at radius 2 is 2.28 bits per heavy atom. The van der Waals surface area contributed by atoms with Crippen LogP contribution in [-0.2, 0) is 9.59 Å². The summed E-state index contributed by atoms with van der Waals surface area (Å²) in [6.07, 6.45) is 2.13. The molecule has 1 fully saturated rings. The maximum absolute atomic E-state index is 11.5. The first kappa shape index (κ1) is 12.0. The average Bonchev–Trinajstić information content (AvgIpc) is 2.33. The number of hydrogen-bond acceptors (Lipinski definition) is 5. The number of rotatable bonds is 3. The van der Waals surface area contributed by atoms with E-state index in [9.17, 15) is 14.4 Å². The van der Waals surface area contributed by atoms with Gasteiger partial charge in [-0.15, -0.1) is 0 Å². The maximum atomic E-state index is 11.5. The highest BCUT2D eigenvalue weighted by Gasteiger charge is 2.26. The molecule has 0 spiro atoms. The molecule has 0 aliphatic carbocycles. The minimum absolute atomic E-state index is 0.118. The van der Waals surface area contributed by atoms with E-state index in [2.05, 4.69) is 15.6 Å². The van der Waals surface area contributed by atoms with Crippen molar-refractivity contribution in [3.63, 3.8) is 0 Å². The van der Waals surface area contributed by atoms with E-state index in [4.69, 9.17) is 5.73 Å². The van der Waals surface area contributed by atoms with E-state index in [1.54, 1.807) is 6.07 Å². The molecule has 1 unspecified atom stereocenters. The monoisotopic (exact) mass is 248 g/mol. The van der Waals surface area contributed by atoms with Crippen molar-refractivity contribution in [2.45, 2.75) is 18.9 Å². The summed E-state index contributed by atoms with van der Waals surface area (Å²) >= 11 is 0. The zero-order chi connectivity index (χ0) is 13.1. The van der Waals surface area contributed by atoms with E-state index in [1.807, 2.05) is 0 Å². The fraction of sp³-hybridized carbons (Fsp3) is 0.273. The van der Waals surface area contributed by atoms with E-state index >= 15 is 0 Å². The zero-order valence-electron chi connectivity index (χ0n) is 9.47. The molecule has 1 aliphatic heterocycles. The zero-order valence-corrected chi connectivity index (χ0v) is 9.47. The molecule has 0 bridgehead atoms. The molecule has 1 aliphatic rings. The van der Waals surface area contributed by atoms with E-state index in [-0.39, 0.29) is 23.9 Å². The van der Waals surface area contributed by atoms with Crippen LogP contribution in [0.4, 0.5) is 5.69 Å². The Morgan fingerprint density at radius 3 is 2.94 bits per heavy atom. The molecule has 94 valence electrons. The Hall–Kier alpha value is -2.44. The number of carbonyl (C=O) groups excluding carboxylic acids is 3. The molecule has 1 aromatic rings. The van der Waals surface area contributed by atoms with Gasteiger partial charge in [0, 0.05) is 18.3 Å². The number of pyridine rings is 1. The fourth-order valence-electron chi connectivity index (χ4n) is 1.69. The Morgan fingerprint density at radius 1 is 1.50 bits per heavy atom. The van der Waals surface area contributed by atoms with Crippen LogP contribution >= 0.6 is 0 Å². The molecule has 7 heteroatoms. The molecule has 7 nitrogen and oxygen atoms in total. The van der Waals surface area contributed by atoms with Gasteiger partial charge in [-0.2, -0.15) is 0 Å². The van der Waals surface area contributed by atoms with Crippen LogP contribution in [0.2, 0.25) is 0 Å². The maximum Gasteiger partial charge on any atom is 0.267 e. The number of imide groups is 1. The SMILES string of the molecule is NC(=O)c1cc(NC2CCC(=O)NC2=O)ccn1. The van der Waals surface area contributed by atoms with Gasteiger partial charge >= 0.3 is 0 Å². The number of nitrogens with one attached hydrogen (secondary N) is 2. The third-order valence-electron chi connectivity index (χ3n) is 2.59. The third-order valence-corrected chi connectivity index (χ3v) is 2.59. The number of carbonyl (C=O) groups is 3. The fourth-order valence-corrected chi connectivity index (χ4v) is 1.69. The summed E-state index contributed by atoms with van der Waals surface area (Å²) in [6.45, 7) is 0. The van der Waals surface area contributed by atoms with E-state index in [0.717, 1.165) is 0 Å². The number of hydrogen-bond donors (Lipinski definition) is 3. The molecule has 4 N–H and O–H groups in total. The number of primary amides is 1. The van der Waals surface area contributed by atoms with Gasteiger partial charge in [-0.25, -0.2) is 0 Å². The van der Waals surface area contributed by atoms with Gasteiger partial charge in [0.2, 0.25) is 11.8 Å². The second kappa shape index (κ2) is 4.82. The van der Waals surface area contributed by atoms with Crippen molar-refractivity contribution in [2.75, 3.05) is 5.32 Å². The van der Waals surface area contributed by atoms with Crippen LogP contribution in [0, 0.1) is 0 Å². The first-order valence-electron chi connectivity index (χ1n) is 5.42. The van der Waals surface area contributed by atoms with Gasteiger partial charge in [0.25, 0.3) is 5.91 Å². The Bertz CT molecular complexity index is 515. The normalized spacial score (nSPS) is 19.2. The molecule has 0 saturated carbocycles. The minimum atomic E-state index is -0.637. The Balaban J connectivity index is 2.09. The van der Waals surface area contributed by atoms with Crippen molar-refractivity contribution < 1.29 is 14.4 Å². The smallest absolute Gasteiger partial charge is 0.267 e. The summed E-state index contributed by atoms with van der Waals surface area (Å²) in [7, 11) is 0. The van der Waals surface area contributed by atoms with Gasteiger partial charge < -0.3 is 11.1 Å². The number of piperidine rings is 1. The Kier molecular flexibility index (Phi) is 3.22.